The van der Waals surface area contributed by atoms with E-state index in [1.54, 1.807) is 0 Å². The number of benzene rings is 1. The number of aliphatic imine (C=N–C) groups is 1. The first-order valence-corrected chi connectivity index (χ1v) is 9.52. The standard InChI is InChI=1S/C16H27NO3Si/c1-5-16(17-14-15-12-10-9-11-13-15)21(18-6-2,19-7-3)20-8-4/h9-14,16H,5-8H2,1-4H3/b17-14+. The summed E-state index contributed by atoms with van der Waals surface area (Å²) in [6, 6.07) is 10.1. The van der Waals surface area contributed by atoms with Crippen LogP contribution in [0.1, 0.15) is 39.7 Å². The normalized spacial score (nSPS) is 13.7. The van der Waals surface area contributed by atoms with Crippen molar-refractivity contribution in [2.45, 2.75) is 39.8 Å². The fourth-order valence-electron chi connectivity index (χ4n) is 2.18. The first kappa shape index (κ1) is 18.0. The van der Waals surface area contributed by atoms with Crippen molar-refractivity contribution >= 4 is 15.0 Å². The van der Waals surface area contributed by atoms with Gasteiger partial charge in [0.15, 0.2) is 0 Å². The molecular formula is C16H27NO3Si. The Bertz CT molecular complexity index is 394. The molecule has 0 radical (unpaired) electrons. The molecule has 0 aliphatic heterocycles. The maximum Gasteiger partial charge on any atom is 0.526 e. The van der Waals surface area contributed by atoms with E-state index >= 15 is 0 Å². The molecule has 0 bridgehead atoms. The lowest BCUT2D eigenvalue weighted by molar-refractivity contribution is 0.0622. The van der Waals surface area contributed by atoms with Crippen LogP contribution >= 0.6 is 0 Å². The van der Waals surface area contributed by atoms with Crippen molar-refractivity contribution in [1.82, 2.24) is 0 Å². The molecule has 0 saturated carbocycles. The van der Waals surface area contributed by atoms with E-state index in [4.69, 9.17) is 18.3 Å². The van der Waals surface area contributed by atoms with E-state index < -0.39 is 8.80 Å². The highest BCUT2D eigenvalue weighted by molar-refractivity contribution is 6.62. The molecule has 0 aliphatic carbocycles. The summed E-state index contributed by atoms with van der Waals surface area (Å²) in [5.74, 6) is 0. The zero-order chi connectivity index (χ0) is 15.6. The van der Waals surface area contributed by atoms with Crippen molar-refractivity contribution in [2.75, 3.05) is 19.8 Å². The zero-order valence-corrected chi connectivity index (χ0v) is 14.5. The third kappa shape index (κ3) is 5.35. The third-order valence-electron chi connectivity index (χ3n) is 3.03. The average Bonchev–Trinajstić information content (AvgIpc) is 2.49. The van der Waals surface area contributed by atoms with Gasteiger partial charge in [-0.15, -0.1) is 0 Å². The molecule has 0 fully saturated rings. The fraction of sp³-hybridized carbons (Fsp3) is 0.562. The molecule has 118 valence electrons. The minimum absolute atomic E-state index is 0.0717. The first-order valence-electron chi connectivity index (χ1n) is 7.72. The molecular weight excluding hydrogens is 282 g/mol. The lowest BCUT2D eigenvalue weighted by atomic mass is 10.2. The maximum absolute atomic E-state index is 5.93. The van der Waals surface area contributed by atoms with Crippen LogP contribution < -0.4 is 0 Å². The first-order chi connectivity index (χ1) is 10.2. The summed E-state index contributed by atoms with van der Waals surface area (Å²) in [6.07, 6.45) is 2.71. The van der Waals surface area contributed by atoms with Crippen LogP contribution in [0.3, 0.4) is 0 Å². The van der Waals surface area contributed by atoms with E-state index in [0.29, 0.717) is 19.8 Å². The molecule has 0 amide bonds. The van der Waals surface area contributed by atoms with E-state index in [9.17, 15) is 0 Å². The second-order valence-electron chi connectivity index (χ2n) is 4.52. The van der Waals surface area contributed by atoms with Crippen molar-refractivity contribution in [2.24, 2.45) is 4.99 Å². The Balaban J connectivity index is 2.96. The van der Waals surface area contributed by atoms with Crippen molar-refractivity contribution in [1.29, 1.82) is 0 Å². The molecule has 21 heavy (non-hydrogen) atoms. The highest BCUT2D eigenvalue weighted by Gasteiger charge is 2.48. The number of rotatable bonds is 10. The Hall–Kier alpha value is -1.01. The molecule has 0 spiro atoms. The molecule has 1 atom stereocenters. The molecule has 1 rings (SSSR count). The Kier molecular flexibility index (Phi) is 8.45. The van der Waals surface area contributed by atoms with Gasteiger partial charge < -0.3 is 13.3 Å². The molecule has 0 aliphatic rings. The topological polar surface area (TPSA) is 40.0 Å². The molecule has 1 aromatic rings. The average molecular weight is 309 g/mol. The molecule has 0 saturated heterocycles. The van der Waals surface area contributed by atoms with Crippen LogP contribution in [0.5, 0.6) is 0 Å². The SMILES string of the molecule is CCO[Si](OCC)(OCC)C(CC)/N=C/c1ccccc1. The van der Waals surface area contributed by atoms with E-state index in [2.05, 4.69) is 6.92 Å². The van der Waals surface area contributed by atoms with Crippen LogP contribution in [0.4, 0.5) is 0 Å². The summed E-state index contributed by atoms with van der Waals surface area (Å²) in [5.41, 5.74) is 1.00. The summed E-state index contributed by atoms with van der Waals surface area (Å²) in [6.45, 7) is 9.71. The summed E-state index contributed by atoms with van der Waals surface area (Å²) in [4.78, 5) is 4.70. The number of nitrogens with zero attached hydrogens (tertiary/aromatic N) is 1. The molecule has 0 heterocycles. The molecule has 1 aromatic carbocycles. The highest BCUT2D eigenvalue weighted by Crippen LogP contribution is 2.20. The fourth-order valence-corrected chi connectivity index (χ4v) is 4.97. The third-order valence-corrected chi connectivity index (χ3v) is 6.48. The Morgan fingerprint density at radius 3 is 1.90 bits per heavy atom. The van der Waals surface area contributed by atoms with Crippen LogP contribution in [0.2, 0.25) is 0 Å². The maximum atomic E-state index is 5.93. The van der Waals surface area contributed by atoms with Crippen LogP contribution in [0.15, 0.2) is 35.3 Å². The van der Waals surface area contributed by atoms with Gasteiger partial charge in [-0.05, 0) is 32.8 Å². The molecule has 0 N–H and O–H groups in total. The summed E-state index contributed by atoms with van der Waals surface area (Å²) in [5, 5.41) is 0. The quantitative estimate of drug-likeness (QED) is 0.491. The van der Waals surface area contributed by atoms with Gasteiger partial charge in [0.1, 0.15) is 5.67 Å². The molecule has 5 heteroatoms. The van der Waals surface area contributed by atoms with Gasteiger partial charge in [0.05, 0.1) is 0 Å². The lowest BCUT2D eigenvalue weighted by Gasteiger charge is -2.32. The van der Waals surface area contributed by atoms with Gasteiger partial charge in [-0.3, -0.25) is 4.99 Å². The van der Waals surface area contributed by atoms with E-state index in [-0.39, 0.29) is 5.67 Å². The van der Waals surface area contributed by atoms with Gasteiger partial charge in [-0.1, -0.05) is 37.3 Å². The Morgan fingerprint density at radius 2 is 1.48 bits per heavy atom. The van der Waals surface area contributed by atoms with E-state index in [0.717, 1.165) is 12.0 Å². The molecule has 1 unspecified atom stereocenters. The van der Waals surface area contributed by atoms with Crippen molar-refractivity contribution in [3.63, 3.8) is 0 Å². The van der Waals surface area contributed by atoms with E-state index in [1.807, 2.05) is 57.3 Å². The monoisotopic (exact) mass is 309 g/mol. The summed E-state index contributed by atoms with van der Waals surface area (Å²) < 4.78 is 17.8. The summed E-state index contributed by atoms with van der Waals surface area (Å²) in [7, 11) is -2.78. The van der Waals surface area contributed by atoms with Gasteiger partial charge in [-0.2, -0.15) is 0 Å². The minimum atomic E-state index is -2.78. The van der Waals surface area contributed by atoms with Gasteiger partial charge in [-0.25, -0.2) is 0 Å². The second kappa shape index (κ2) is 9.84. The zero-order valence-electron chi connectivity index (χ0n) is 13.5. The molecule has 4 nitrogen and oxygen atoms in total. The predicted molar refractivity (Wildman–Crippen MR) is 88.7 cm³/mol. The predicted octanol–water partition coefficient (Wildman–Crippen LogP) is 3.47. The second-order valence-corrected chi connectivity index (χ2v) is 7.26. The Morgan fingerprint density at radius 1 is 0.952 bits per heavy atom. The lowest BCUT2D eigenvalue weighted by Crippen LogP contribution is -2.55. The van der Waals surface area contributed by atoms with Gasteiger partial charge in [0.25, 0.3) is 0 Å². The van der Waals surface area contributed by atoms with Crippen molar-refractivity contribution < 1.29 is 13.3 Å². The molecule has 0 aromatic heterocycles. The van der Waals surface area contributed by atoms with Crippen molar-refractivity contribution in [3.8, 4) is 0 Å². The number of hydrogen-bond acceptors (Lipinski definition) is 4. The smallest absolute Gasteiger partial charge is 0.373 e. The van der Waals surface area contributed by atoms with Gasteiger partial charge in [0, 0.05) is 26.0 Å². The van der Waals surface area contributed by atoms with Crippen LogP contribution in [0, 0.1) is 0 Å². The van der Waals surface area contributed by atoms with Crippen LogP contribution in [-0.4, -0.2) is 40.5 Å². The van der Waals surface area contributed by atoms with Crippen LogP contribution in [0.25, 0.3) is 0 Å². The summed E-state index contributed by atoms with van der Waals surface area (Å²) >= 11 is 0. The minimum Gasteiger partial charge on any atom is -0.373 e. The van der Waals surface area contributed by atoms with E-state index in [1.165, 1.54) is 0 Å². The highest BCUT2D eigenvalue weighted by atomic mass is 28.4. The van der Waals surface area contributed by atoms with Crippen LogP contribution in [-0.2, 0) is 13.3 Å². The van der Waals surface area contributed by atoms with Gasteiger partial charge in [0.2, 0.25) is 0 Å². The van der Waals surface area contributed by atoms with Gasteiger partial charge >= 0.3 is 8.80 Å². The largest absolute Gasteiger partial charge is 0.526 e. The number of hydrogen-bond donors (Lipinski definition) is 0. The Labute approximate surface area is 129 Å². The van der Waals surface area contributed by atoms with Crippen molar-refractivity contribution in [3.05, 3.63) is 35.9 Å².